The largest absolute Gasteiger partial charge is 0.497 e. The van der Waals surface area contributed by atoms with Crippen molar-refractivity contribution in [3.8, 4) is 11.5 Å². The van der Waals surface area contributed by atoms with Crippen molar-refractivity contribution in [3.63, 3.8) is 0 Å². The molecular weight excluding hydrogens is 266 g/mol. The molecule has 1 unspecified atom stereocenters. The fourth-order valence-corrected chi connectivity index (χ4v) is 1.95. The number of pyridine rings is 1. The zero-order valence-electron chi connectivity index (χ0n) is 13.3. The fraction of sp³-hybridized carbons (Fsp3) is 0.471. The number of nitrogens with zero attached hydrogens (tertiary/aromatic N) is 1. The van der Waals surface area contributed by atoms with Crippen molar-refractivity contribution >= 4 is 10.9 Å². The number of methoxy groups -OCH3 is 1. The van der Waals surface area contributed by atoms with Crippen LogP contribution in [0.5, 0.6) is 11.5 Å². The van der Waals surface area contributed by atoms with Gasteiger partial charge in [0.2, 0.25) is 0 Å². The van der Waals surface area contributed by atoms with Crippen LogP contribution in [-0.4, -0.2) is 30.4 Å². The molecule has 0 aliphatic heterocycles. The van der Waals surface area contributed by atoms with E-state index in [2.05, 4.69) is 4.98 Å². The molecule has 1 atom stereocenters. The lowest BCUT2D eigenvalue weighted by molar-refractivity contribution is -0.0371. The van der Waals surface area contributed by atoms with Crippen LogP contribution in [0.15, 0.2) is 30.5 Å². The van der Waals surface area contributed by atoms with Gasteiger partial charge in [-0.15, -0.1) is 0 Å². The summed E-state index contributed by atoms with van der Waals surface area (Å²) in [5, 5.41) is 0.973. The molecule has 0 fully saturated rings. The summed E-state index contributed by atoms with van der Waals surface area (Å²) in [7, 11) is 1.65. The molecule has 2 aromatic rings. The number of rotatable bonds is 5. The Hall–Kier alpha value is -1.81. The minimum atomic E-state index is -0.161. The Balaban J connectivity index is 2.15. The molecule has 4 nitrogen and oxygen atoms in total. The summed E-state index contributed by atoms with van der Waals surface area (Å²) >= 11 is 0. The lowest BCUT2D eigenvalue weighted by Crippen LogP contribution is -2.27. The van der Waals surface area contributed by atoms with Crippen molar-refractivity contribution in [3.05, 3.63) is 30.5 Å². The predicted molar refractivity (Wildman–Crippen MR) is 84.1 cm³/mol. The standard InChI is InChI=1S/C17H23NO3/c1-12(11-20-17(2,3)4)21-16-8-9-18-15-10-13(19-5)6-7-14(15)16/h6-10,12H,11H2,1-5H3. The number of ether oxygens (including phenoxy) is 3. The number of aromatic nitrogens is 1. The van der Waals surface area contributed by atoms with Gasteiger partial charge in [-0.25, -0.2) is 0 Å². The van der Waals surface area contributed by atoms with Crippen LogP contribution in [0.25, 0.3) is 10.9 Å². The molecule has 0 aliphatic carbocycles. The molecule has 0 bridgehead atoms. The van der Waals surface area contributed by atoms with E-state index in [0.717, 1.165) is 22.4 Å². The highest BCUT2D eigenvalue weighted by Crippen LogP contribution is 2.27. The van der Waals surface area contributed by atoms with E-state index in [9.17, 15) is 0 Å². The van der Waals surface area contributed by atoms with Crippen molar-refractivity contribution in [2.45, 2.75) is 39.4 Å². The molecule has 1 heterocycles. The van der Waals surface area contributed by atoms with Crippen LogP contribution >= 0.6 is 0 Å². The van der Waals surface area contributed by atoms with E-state index in [1.807, 2.05) is 52.0 Å². The summed E-state index contributed by atoms with van der Waals surface area (Å²) in [6.45, 7) is 8.65. The highest BCUT2D eigenvalue weighted by Gasteiger charge is 2.14. The van der Waals surface area contributed by atoms with Gasteiger partial charge in [-0.2, -0.15) is 0 Å². The minimum absolute atomic E-state index is 0.0306. The van der Waals surface area contributed by atoms with E-state index >= 15 is 0 Å². The van der Waals surface area contributed by atoms with E-state index in [4.69, 9.17) is 14.2 Å². The number of fused-ring (bicyclic) bond motifs is 1. The Morgan fingerprint density at radius 1 is 1.19 bits per heavy atom. The third kappa shape index (κ3) is 4.33. The first-order valence-corrected chi connectivity index (χ1v) is 7.12. The average Bonchev–Trinajstić information content (AvgIpc) is 2.44. The molecule has 0 aliphatic rings. The maximum atomic E-state index is 5.99. The van der Waals surface area contributed by atoms with Gasteiger partial charge in [0.15, 0.2) is 0 Å². The second kappa shape index (κ2) is 6.31. The third-order valence-electron chi connectivity index (χ3n) is 2.99. The van der Waals surface area contributed by atoms with E-state index in [-0.39, 0.29) is 11.7 Å². The van der Waals surface area contributed by atoms with Gasteiger partial charge in [-0.3, -0.25) is 4.98 Å². The smallest absolute Gasteiger partial charge is 0.130 e. The zero-order chi connectivity index (χ0) is 15.5. The lowest BCUT2D eigenvalue weighted by atomic mass is 10.2. The second-order valence-electron chi connectivity index (χ2n) is 6.04. The third-order valence-corrected chi connectivity index (χ3v) is 2.99. The molecule has 0 amide bonds. The maximum Gasteiger partial charge on any atom is 0.130 e. The second-order valence-corrected chi connectivity index (χ2v) is 6.04. The molecule has 4 heteroatoms. The quantitative estimate of drug-likeness (QED) is 0.839. The van der Waals surface area contributed by atoms with Crippen molar-refractivity contribution in [1.29, 1.82) is 0 Å². The van der Waals surface area contributed by atoms with Crippen LogP contribution in [0.4, 0.5) is 0 Å². The Bertz CT molecular complexity index is 604. The van der Waals surface area contributed by atoms with E-state index in [0.29, 0.717) is 6.61 Å². The van der Waals surface area contributed by atoms with Gasteiger partial charge in [-0.05, 0) is 45.9 Å². The van der Waals surface area contributed by atoms with Crippen LogP contribution in [0.1, 0.15) is 27.7 Å². The molecule has 2 rings (SSSR count). The topological polar surface area (TPSA) is 40.6 Å². The van der Waals surface area contributed by atoms with Crippen molar-refractivity contribution in [2.24, 2.45) is 0 Å². The molecule has 0 saturated carbocycles. The number of hydrogen-bond acceptors (Lipinski definition) is 4. The van der Waals surface area contributed by atoms with Gasteiger partial charge < -0.3 is 14.2 Å². The summed E-state index contributed by atoms with van der Waals surface area (Å²) in [5.74, 6) is 1.60. The summed E-state index contributed by atoms with van der Waals surface area (Å²) in [6, 6.07) is 7.65. The van der Waals surface area contributed by atoms with Crippen molar-refractivity contribution in [1.82, 2.24) is 4.98 Å². The summed E-state index contributed by atoms with van der Waals surface area (Å²) < 4.78 is 17.0. The van der Waals surface area contributed by atoms with Gasteiger partial charge in [0.05, 0.1) is 24.8 Å². The highest BCUT2D eigenvalue weighted by atomic mass is 16.5. The lowest BCUT2D eigenvalue weighted by Gasteiger charge is -2.23. The van der Waals surface area contributed by atoms with E-state index in [1.54, 1.807) is 13.3 Å². The fourth-order valence-electron chi connectivity index (χ4n) is 1.95. The van der Waals surface area contributed by atoms with Gasteiger partial charge in [0.25, 0.3) is 0 Å². The van der Waals surface area contributed by atoms with Crippen LogP contribution in [-0.2, 0) is 4.74 Å². The highest BCUT2D eigenvalue weighted by molar-refractivity contribution is 5.85. The first-order chi connectivity index (χ1) is 9.89. The molecule has 114 valence electrons. The van der Waals surface area contributed by atoms with Crippen LogP contribution in [0.3, 0.4) is 0 Å². The molecule has 0 saturated heterocycles. The summed E-state index contributed by atoms with van der Waals surface area (Å²) in [4.78, 5) is 4.35. The molecular formula is C17H23NO3. The minimum Gasteiger partial charge on any atom is -0.497 e. The Kier molecular flexibility index (Phi) is 4.68. The molecule has 0 spiro atoms. The first-order valence-electron chi connectivity index (χ1n) is 7.12. The zero-order valence-corrected chi connectivity index (χ0v) is 13.3. The van der Waals surface area contributed by atoms with E-state index in [1.165, 1.54) is 0 Å². The SMILES string of the molecule is COc1ccc2c(OC(C)COC(C)(C)C)ccnc2c1. The predicted octanol–water partition coefficient (Wildman–Crippen LogP) is 3.83. The van der Waals surface area contributed by atoms with Gasteiger partial charge in [-0.1, -0.05) is 0 Å². The van der Waals surface area contributed by atoms with Crippen LogP contribution in [0.2, 0.25) is 0 Å². The van der Waals surface area contributed by atoms with Gasteiger partial charge >= 0.3 is 0 Å². The Morgan fingerprint density at radius 2 is 1.95 bits per heavy atom. The Morgan fingerprint density at radius 3 is 2.62 bits per heavy atom. The molecule has 1 aromatic carbocycles. The number of hydrogen-bond donors (Lipinski definition) is 0. The van der Waals surface area contributed by atoms with Crippen LogP contribution < -0.4 is 9.47 Å². The van der Waals surface area contributed by atoms with Crippen LogP contribution in [0, 0.1) is 0 Å². The molecule has 21 heavy (non-hydrogen) atoms. The monoisotopic (exact) mass is 289 g/mol. The molecule has 0 N–H and O–H groups in total. The summed E-state index contributed by atoms with van der Waals surface area (Å²) in [5.41, 5.74) is 0.696. The average molecular weight is 289 g/mol. The van der Waals surface area contributed by atoms with Gasteiger partial charge in [0.1, 0.15) is 17.6 Å². The Labute approximate surface area is 126 Å². The van der Waals surface area contributed by atoms with Crippen molar-refractivity contribution < 1.29 is 14.2 Å². The van der Waals surface area contributed by atoms with Crippen molar-refractivity contribution in [2.75, 3.05) is 13.7 Å². The molecule has 0 radical (unpaired) electrons. The maximum absolute atomic E-state index is 5.99. The normalized spacial score (nSPS) is 13.2. The van der Waals surface area contributed by atoms with E-state index < -0.39 is 0 Å². The number of benzene rings is 1. The summed E-state index contributed by atoms with van der Waals surface area (Å²) in [6.07, 6.45) is 1.71. The van der Waals surface area contributed by atoms with Gasteiger partial charge in [0, 0.05) is 17.6 Å². The molecule has 1 aromatic heterocycles. The first kappa shape index (κ1) is 15.6.